The molecule has 0 radical (unpaired) electrons. The molecule has 0 amide bonds. The average molecular weight is 350 g/mol. The van der Waals surface area contributed by atoms with E-state index in [1.165, 1.54) is 57.5 Å². The Hall–Kier alpha value is -1.13. The van der Waals surface area contributed by atoms with E-state index in [1.807, 2.05) is 0 Å². The molecular formula is C24H31P. The van der Waals surface area contributed by atoms with Crippen LogP contribution in [0, 0.1) is 0 Å². The second kappa shape index (κ2) is 7.63. The van der Waals surface area contributed by atoms with Crippen molar-refractivity contribution in [2.24, 2.45) is 0 Å². The molecule has 0 aliphatic heterocycles. The first-order valence-corrected chi connectivity index (χ1v) is 12.0. The zero-order valence-corrected chi connectivity index (χ0v) is 16.9. The first kappa shape index (κ1) is 17.3. The molecule has 4 rings (SSSR count). The van der Waals surface area contributed by atoms with Gasteiger partial charge in [0.25, 0.3) is 0 Å². The maximum Gasteiger partial charge on any atom is -0.00968 e. The average Bonchev–Trinajstić information content (AvgIpc) is 2.67. The minimum atomic E-state index is 0.996. The number of aryl methyl sites for hydroxylation is 3. The van der Waals surface area contributed by atoms with Gasteiger partial charge in [0.05, 0.1) is 0 Å². The second-order valence-corrected chi connectivity index (χ2v) is 8.83. The topological polar surface area (TPSA) is 0 Å². The summed E-state index contributed by atoms with van der Waals surface area (Å²) < 4.78 is 0. The van der Waals surface area contributed by atoms with Crippen LogP contribution < -0.4 is 0 Å². The normalized spacial score (nSPS) is 16.9. The van der Waals surface area contributed by atoms with Crippen LogP contribution in [0.5, 0.6) is 0 Å². The van der Waals surface area contributed by atoms with Crippen LogP contribution in [0.1, 0.15) is 66.0 Å². The number of benzene rings is 2. The molecule has 2 aromatic rings. The van der Waals surface area contributed by atoms with Gasteiger partial charge in [0, 0.05) is 0 Å². The Morgan fingerprint density at radius 2 is 1.24 bits per heavy atom. The zero-order chi connectivity index (χ0) is 17.2. The van der Waals surface area contributed by atoms with Gasteiger partial charge in [-0.15, -0.1) is 8.58 Å². The maximum absolute atomic E-state index is 2.47. The zero-order valence-electron chi connectivity index (χ0n) is 15.9. The Balaban J connectivity index is 2.00. The molecule has 132 valence electrons. The van der Waals surface area contributed by atoms with Crippen molar-refractivity contribution in [2.75, 3.05) is 6.66 Å². The van der Waals surface area contributed by atoms with Crippen molar-refractivity contribution in [3.63, 3.8) is 0 Å². The summed E-state index contributed by atoms with van der Waals surface area (Å²) in [4.78, 5) is 0. The molecule has 0 nitrogen and oxygen atoms in total. The van der Waals surface area contributed by atoms with Crippen molar-refractivity contribution in [3.05, 3.63) is 57.6 Å². The quantitative estimate of drug-likeness (QED) is 0.553. The highest BCUT2D eigenvalue weighted by Gasteiger charge is 2.23. The summed E-state index contributed by atoms with van der Waals surface area (Å²) >= 11 is 0. The van der Waals surface area contributed by atoms with E-state index >= 15 is 0 Å². The SMILES string of the molecule is CCc1ccc2c(c1-c1c(CPC)ccc3c1CCCC3)CCCC2. The fourth-order valence-electron chi connectivity index (χ4n) is 5.01. The van der Waals surface area contributed by atoms with Gasteiger partial charge in [-0.3, -0.25) is 0 Å². The predicted molar refractivity (Wildman–Crippen MR) is 112 cm³/mol. The molecule has 2 aliphatic rings. The predicted octanol–water partition coefficient (Wildman–Crippen LogP) is 6.48. The van der Waals surface area contributed by atoms with E-state index in [1.54, 1.807) is 44.5 Å². The first-order valence-electron chi connectivity index (χ1n) is 10.3. The lowest BCUT2D eigenvalue weighted by Crippen LogP contribution is -2.11. The van der Waals surface area contributed by atoms with Gasteiger partial charge >= 0.3 is 0 Å². The summed E-state index contributed by atoms with van der Waals surface area (Å²) in [5, 5.41) is 0. The number of hydrogen-bond donors (Lipinski definition) is 0. The smallest absolute Gasteiger partial charge is 0.00968 e. The molecular weight excluding hydrogens is 319 g/mol. The van der Waals surface area contributed by atoms with Crippen molar-refractivity contribution in [3.8, 4) is 11.1 Å². The van der Waals surface area contributed by atoms with Crippen molar-refractivity contribution in [2.45, 2.75) is 70.9 Å². The van der Waals surface area contributed by atoms with E-state index in [0.717, 1.165) is 15.0 Å². The molecule has 1 heteroatoms. The van der Waals surface area contributed by atoms with Gasteiger partial charge in [0.15, 0.2) is 0 Å². The van der Waals surface area contributed by atoms with Crippen LogP contribution in [0.2, 0.25) is 0 Å². The van der Waals surface area contributed by atoms with Crippen LogP contribution in [0.15, 0.2) is 24.3 Å². The summed E-state index contributed by atoms with van der Waals surface area (Å²) in [7, 11) is 0.996. The fourth-order valence-corrected chi connectivity index (χ4v) is 5.68. The number of hydrogen-bond acceptors (Lipinski definition) is 0. The highest BCUT2D eigenvalue weighted by atomic mass is 31.1. The van der Waals surface area contributed by atoms with Gasteiger partial charge in [0.2, 0.25) is 0 Å². The lowest BCUT2D eigenvalue weighted by molar-refractivity contribution is 0.680. The highest BCUT2D eigenvalue weighted by Crippen LogP contribution is 2.42. The van der Waals surface area contributed by atoms with Crippen LogP contribution in [0.25, 0.3) is 11.1 Å². The molecule has 0 saturated carbocycles. The fraction of sp³-hybridized carbons (Fsp3) is 0.500. The van der Waals surface area contributed by atoms with Crippen LogP contribution >= 0.6 is 8.58 Å². The summed E-state index contributed by atoms with van der Waals surface area (Å²) in [5.74, 6) is 0. The molecule has 2 aromatic carbocycles. The van der Waals surface area contributed by atoms with E-state index in [9.17, 15) is 0 Å². The largest absolute Gasteiger partial charge is 0.121 e. The van der Waals surface area contributed by atoms with Crippen molar-refractivity contribution in [1.29, 1.82) is 0 Å². The van der Waals surface area contributed by atoms with E-state index in [2.05, 4.69) is 37.9 Å². The Bertz CT molecular complexity index is 772. The second-order valence-electron chi connectivity index (χ2n) is 7.77. The van der Waals surface area contributed by atoms with Crippen LogP contribution in [0.4, 0.5) is 0 Å². The van der Waals surface area contributed by atoms with Gasteiger partial charge in [-0.25, -0.2) is 0 Å². The van der Waals surface area contributed by atoms with Crippen molar-refractivity contribution < 1.29 is 0 Å². The minimum absolute atomic E-state index is 0.996. The molecule has 25 heavy (non-hydrogen) atoms. The van der Waals surface area contributed by atoms with Crippen LogP contribution in [-0.4, -0.2) is 6.66 Å². The van der Waals surface area contributed by atoms with E-state index in [4.69, 9.17) is 0 Å². The molecule has 1 atom stereocenters. The third-order valence-corrected chi connectivity index (χ3v) is 6.97. The summed E-state index contributed by atoms with van der Waals surface area (Å²) in [6.45, 7) is 4.69. The summed E-state index contributed by atoms with van der Waals surface area (Å²) in [5.41, 5.74) is 13.2. The molecule has 0 spiro atoms. The lowest BCUT2D eigenvalue weighted by Gasteiger charge is -2.28. The van der Waals surface area contributed by atoms with Crippen molar-refractivity contribution >= 4 is 8.58 Å². The Kier molecular flexibility index (Phi) is 5.28. The number of rotatable bonds is 4. The summed E-state index contributed by atoms with van der Waals surface area (Å²) in [6, 6.07) is 9.80. The molecule has 0 saturated heterocycles. The van der Waals surface area contributed by atoms with E-state index in [0.29, 0.717) is 0 Å². The van der Waals surface area contributed by atoms with Crippen molar-refractivity contribution in [1.82, 2.24) is 0 Å². The Morgan fingerprint density at radius 1 is 0.720 bits per heavy atom. The Morgan fingerprint density at radius 3 is 1.80 bits per heavy atom. The Labute approximate surface area is 155 Å². The van der Waals surface area contributed by atoms with E-state index in [-0.39, 0.29) is 0 Å². The molecule has 0 aromatic heterocycles. The highest BCUT2D eigenvalue weighted by molar-refractivity contribution is 7.36. The van der Waals surface area contributed by atoms with Gasteiger partial charge < -0.3 is 0 Å². The molecule has 0 fully saturated rings. The minimum Gasteiger partial charge on any atom is -0.121 e. The van der Waals surface area contributed by atoms with Crippen LogP contribution in [-0.2, 0) is 38.3 Å². The third-order valence-electron chi connectivity index (χ3n) is 6.24. The summed E-state index contributed by atoms with van der Waals surface area (Å²) in [6.07, 6.45) is 13.0. The lowest BCUT2D eigenvalue weighted by atomic mass is 9.77. The standard InChI is InChI=1S/C24H31P/c1-3-17-12-13-18-8-4-6-10-21(18)23(17)24-20(16-25-2)15-14-19-9-5-7-11-22(19)24/h12-15,25H,3-11,16H2,1-2H3. The molecule has 0 bridgehead atoms. The van der Waals surface area contributed by atoms with E-state index < -0.39 is 0 Å². The van der Waals surface area contributed by atoms with Gasteiger partial charge in [0.1, 0.15) is 0 Å². The third kappa shape index (κ3) is 3.19. The first-order chi connectivity index (χ1) is 12.3. The molecule has 0 N–H and O–H groups in total. The maximum atomic E-state index is 2.47. The van der Waals surface area contributed by atoms with Gasteiger partial charge in [-0.05, 0) is 115 Å². The van der Waals surface area contributed by atoms with Gasteiger partial charge in [-0.2, -0.15) is 0 Å². The van der Waals surface area contributed by atoms with Gasteiger partial charge in [-0.1, -0.05) is 31.2 Å². The van der Waals surface area contributed by atoms with Crippen LogP contribution in [0.3, 0.4) is 0 Å². The molecule has 0 heterocycles. The molecule has 2 aliphatic carbocycles. The molecule has 1 unspecified atom stereocenters. The number of fused-ring (bicyclic) bond motifs is 2. The monoisotopic (exact) mass is 350 g/mol.